The van der Waals surface area contributed by atoms with Crippen LogP contribution in [-0.2, 0) is 16.6 Å². The molecule has 1 aliphatic carbocycles. The van der Waals surface area contributed by atoms with Gasteiger partial charge in [0.15, 0.2) is 0 Å². The predicted octanol–water partition coefficient (Wildman–Crippen LogP) is 3.45. The molecule has 2 aromatic carbocycles. The first kappa shape index (κ1) is 24.3. The number of hydrogen-bond acceptors (Lipinski definition) is 5. The normalized spacial score (nSPS) is 18.6. The number of benzene rings is 2. The molecule has 0 unspecified atom stereocenters. The quantitative estimate of drug-likeness (QED) is 0.457. The van der Waals surface area contributed by atoms with E-state index in [4.69, 9.17) is 10.7 Å². The van der Waals surface area contributed by atoms with Gasteiger partial charge in [-0.2, -0.15) is 0 Å². The van der Waals surface area contributed by atoms with Crippen molar-refractivity contribution in [3.8, 4) is 11.3 Å². The number of nitrogens with one attached hydrogen (secondary N) is 2. The number of para-hydroxylation sites is 1. The Morgan fingerprint density at radius 3 is 2.50 bits per heavy atom. The van der Waals surface area contributed by atoms with Crippen molar-refractivity contribution in [1.29, 1.82) is 0 Å². The predicted molar refractivity (Wildman–Crippen MR) is 136 cm³/mol. The SMILES string of the molecule is CS(=O)(=O)NCc1cccc(-c2cc(C(=O)NCC3CCC(CN)CC3)c3ccccc3n2)c1. The Bertz CT molecular complexity index is 1270. The standard InChI is InChI=1S/C26H32N4O3S/c1-34(32,33)29-17-20-5-4-6-21(13-20)25-14-23(22-7-2-3-8-24(22)30-25)26(31)28-16-19-11-9-18(15-27)10-12-19/h2-8,13-14,18-19,29H,9-12,15-17,27H2,1H3,(H,28,31). The maximum Gasteiger partial charge on any atom is 0.252 e. The van der Waals surface area contributed by atoms with Gasteiger partial charge in [-0.05, 0) is 67.8 Å². The minimum atomic E-state index is -3.29. The highest BCUT2D eigenvalue weighted by atomic mass is 32.2. The summed E-state index contributed by atoms with van der Waals surface area (Å²) in [5.41, 5.74) is 9.46. The van der Waals surface area contributed by atoms with Crippen molar-refractivity contribution in [2.24, 2.45) is 17.6 Å². The van der Waals surface area contributed by atoms with Gasteiger partial charge in [-0.1, -0.05) is 36.4 Å². The maximum absolute atomic E-state index is 13.2. The Labute approximate surface area is 201 Å². The Morgan fingerprint density at radius 2 is 1.76 bits per heavy atom. The molecule has 1 fully saturated rings. The molecule has 0 aliphatic heterocycles. The van der Waals surface area contributed by atoms with Gasteiger partial charge in [0.1, 0.15) is 0 Å². The summed E-state index contributed by atoms with van der Waals surface area (Å²) in [7, 11) is -3.29. The first-order valence-electron chi connectivity index (χ1n) is 11.7. The molecule has 1 saturated carbocycles. The van der Waals surface area contributed by atoms with Gasteiger partial charge in [-0.25, -0.2) is 18.1 Å². The second kappa shape index (κ2) is 10.6. The fourth-order valence-corrected chi connectivity index (χ4v) is 5.00. The summed E-state index contributed by atoms with van der Waals surface area (Å²) in [6.07, 6.45) is 5.59. The number of sulfonamides is 1. The molecule has 0 spiro atoms. The average Bonchev–Trinajstić information content (AvgIpc) is 2.85. The lowest BCUT2D eigenvalue weighted by molar-refractivity contribution is 0.0943. The summed E-state index contributed by atoms with van der Waals surface area (Å²) in [5.74, 6) is 0.996. The van der Waals surface area contributed by atoms with E-state index in [0.717, 1.165) is 60.5 Å². The third-order valence-corrected chi connectivity index (χ3v) is 7.24. The summed E-state index contributed by atoms with van der Waals surface area (Å²) in [6.45, 7) is 1.60. The molecule has 0 saturated heterocycles. The van der Waals surface area contributed by atoms with Crippen LogP contribution in [0.5, 0.6) is 0 Å². The first-order chi connectivity index (χ1) is 16.3. The molecule has 8 heteroatoms. The Kier molecular flexibility index (Phi) is 7.60. The van der Waals surface area contributed by atoms with Crippen LogP contribution in [0.1, 0.15) is 41.6 Å². The van der Waals surface area contributed by atoms with Gasteiger partial charge in [0, 0.05) is 24.0 Å². The van der Waals surface area contributed by atoms with E-state index < -0.39 is 10.0 Å². The molecule has 3 aromatic rings. The third kappa shape index (κ3) is 6.20. The van der Waals surface area contributed by atoms with Gasteiger partial charge < -0.3 is 11.1 Å². The van der Waals surface area contributed by atoms with E-state index in [1.807, 2.05) is 54.6 Å². The minimum absolute atomic E-state index is 0.101. The van der Waals surface area contributed by atoms with Crippen LogP contribution in [0.4, 0.5) is 0 Å². The molecular weight excluding hydrogens is 448 g/mol. The number of carbonyl (C=O) groups excluding carboxylic acids is 1. The number of pyridine rings is 1. The molecule has 7 nitrogen and oxygen atoms in total. The van der Waals surface area contributed by atoms with Crippen molar-refractivity contribution in [1.82, 2.24) is 15.0 Å². The van der Waals surface area contributed by atoms with Crippen LogP contribution >= 0.6 is 0 Å². The molecule has 1 amide bonds. The number of rotatable bonds is 8. The van der Waals surface area contributed by atoms with Crippen LogP contribution < -0.4 is 15.8 Å². The monoisotopic (exact) mass is 480 g/mol. The van der Waals surface area contributed by atoms with Gasteiger partial charge in [-0.15, -0.1) is 0 Å². The van der Waals surface area contributed by atoms with Crippen molar-refractivity contribution in [3.63, 3.8) is 0 Å². The molecule has 1 aromatic heterocycles. The number of amides is 1. The summed E-state index contributed by atoms with van der Waals surface area (Å²) in [5, 5.41) is 3.96. The van der Waals surface area contributed by atoms with E-state index in [1.165, 1.54) is 0 Å². The maximum atomic E-state index is 13.2. The summed E-state index contributed by atoms with van der Waals surface area (Å²) >= 11 is 0. The van der Waals surface area contributed by atoms with Crippen LogP contribution in [0.25, 0.3) is 22.2 Å². The second-order valence-electron chi connectivity index (χ2n) is 9.20. The van der Waals surface area contributed by atoms with E-state index in [2.05, 4.69) is 10.0 Å². The molecule has 4 rings (SSSR count). The summed E-state index contributed by atoms with van der Waals surface area (Å²) in [6, 6.07) is 17.0. The second-order valence-corrected chi connectivity index (χ2v) is 11.0. The highest BCUT2D eigenvalue weighted by Crippen LogP contribution is 2.28. The molecule has 0 radical (unpaired) electrons. The number of nitrogens with zero attached hydrogens (tertiary/aromatic N) is 1. The lowest BCUT2D eigenvalue weighted by Crippen LogP contribution is -2.32. The van der Waals surface area contributed by atoms with E-state index in [0.29, 0.717) is 29.6 Å². The van der Waals surface area contributed by atoms with Crippen LogP contribution in [-0.4, -0.2) is 38.7 Å². The zero-order chi connectivity index (χ0) is 24.1. The largest absolute Gasteiger partial charge is 0.352 e. The van der Waals surface area contributed by atoms with Gasteiger partial charge >= 0.3 is 0 Å². The highest BCUT2D eigenvalue weighted by Gasteiger charge is 2.21. The van der Waals surface area contributed by atoms with Gasteiger partial charge in [-0.3, -0.25) is 4.79 Å². The fraction of sp³-hybridized carbons (Fsp3) is 0.385. The molecule has 34 heavy (non-hydrogen) atoms. The van der Waals surface area contributed by atoms with Crippen molar-refractivity contribution in [2.45, 2.75) is 32.2 Å². The van der Waals surface area contributed by atoms with Crippen molar-refractivity contribution < 1.29 is 13.2 Å². The first-order valence-corrected chi connectivity index (χ1v) is 13.6. The van der Waals surface area contributed by atoms with E-state index in [1.54, 1.807) is 0 Å². The van der Waals surface area contributed by atoms with Crippen LogP contribution in [0, 0.1) is 11.8 Å². The lowest BCUT2D eigenvalue weighted by Gasteiger charge is -2.27. The Hall–Kier alpha value is -2.81. The minimum Gasteiger partial charge on any atom is -0.352 e. The molecule has 1 heterocycles. The molecule has 4 N–H and O–H groups in total. The Morgan fingerprint density at radius 1 is 1.03 bits per heavy atom. The number of hydrogen-bond donors (Lipinski definition) is 3. The smallest absolute Gasteiger partial charge is 0.252 e. The summed E-state index contributed by atoms with van der Waals surface area (Å²) in [4.78, 5) is 18.0. The zero-order valence-corrected chi connectivity index (χ0v) is 20.3. The highest BCUT2D eigenvalue weighted by molar-refractivity contribution is 7.88. The molecule has 0 atom stereocenters. The van der Waals surface area contributed by atoms with Crippen LogP contribution in [0.2, 0.25) is 0 Å². The van der Waals surface area contributed by atoms with Crippen LogP contribution in [0.15, 0.2) is 54.6 Å². The van der Waals surface area contributed by atoms with Crippen molar-refractivity contribution >= 4 is 26.8 Å². The van der Waals surface area contributed by atoms with Crippen molar-refractivity contribution in [3.05, 3.63) is 65.7 Å². The lowest BCUT2D eigenvalue weighted by atomic mass is 9.82. The van der Waals surface area contributed by atoms with E-state index in [-0.39, 0.29) is 12.5 Å². The van der Waals surface area contributed by atoms with Gasteiger partial charge in [0.05, 0.1) is 23.0 Å². The van der Waals surface area contributed by atoms with E-state index >= 15 is 0 Å². The molecular formula is C26H32N4O3S. The summed E-state index contributed by atoms with van der Waals surface area (Å²) < 4.78 is 25.4. The third-order valence-electron chi connectivity index (χ3n) is 6.57. The number of aromatic nitrogens is 1. The van der Waals surface area contributed by atoms with Gasteiger partial charge in [0.25, 0.3) is 5.91 Å². The molecule has 1 aliphatic rings. The molecule has 0 bridgehead atoms. The fourth-order valence-electron chi connectivity index (χ4n) is 4.57. The van der Waals surface area contributed by atoms with E-state index in [9.17, 15) is 13.2 Å². The van der Waals surface area contributed by atoms with Gasteiger partial charge in [0.2, 0.25) is 10.0 Å². The number of carbonyl (C=O) groups is 1. The zero-order valence-electron chi connectivity index (χ0n) is 19.5. The van der Waals surface area contributed by atoms with Crippen molar-refractivity contribution in [2.75, 3.05) is 19.3 Å². The van der Waals surface area contributed by atoms with Crippen LogP contribution in [0.3, 0.4) is 0 Å². The topological polar surface area (TPSA) is 114 Å². The average molecular weight is 481 g/mol. The number of nitrogens with two attached hydrogens (primary N) is 1. The molecule has 180 valence electrons. The number of fused-ring (bicyclic) bond motifs is 1. The Balaban J connectivity index is 1.57.